The van der Waals surface area contributed by atoms with Crippen molar-refractivity contribution in [1.82, 2.24) is 5.32 Å². The van der Waals surface area contributed by atoms with Crippen molar-refractivity contribution >= 4 is 5.96 Å². The van der Waals surface area contributed by atoms with Crippen LogP contribution in [-0.4, -0.2) is 19.0 Å². The third kappa shape index (κ3) is 4.79. The molecule has 0 spiro atoms. The largest absolute Gasteiger partial charge is 0.370 e. The van der Waals surface area contributed by atoms with E-state index in [2.05, 4.69) is 10.3 Å². The Labute approximate surface area is 118 Å². The van der Waals surface area contributed by atoms with E-state index in [1.54, 1.807) is 0 Å². The molecule has 1 saturated carbocycles. The lowest BCUT2D eigenvalue weighted by atomic mass is 9.86. The predicted octanol–water partition coefficient (Wildman–Crippen LogP) is 2.60. The Bertz CT molecular complexity index is 450. The number of aryl methyl sites for hydroxylation is 1. The standard InChI is InChI=1S/C15H21F2N3/c16-13-7-12(8-14(17)9-13)5-2-6-19-15(18)20-10-11-3-1-4-11/h7-9,11H,1-6,10H2,(H3,18,19,20). The number of nitrogens with one attached hydrogen (secondary N) is 1. The first-order chi connectivity index (χ1) is 9.63. The van der Waals surface area contributed by atoms with E-state index in [0.717, 1.165) is 19.0 Å². The Balaban J connectivity index is 1.65. The number of hydrogen-bond acceptors (Lipinski definition) is 1. The molecular formula is C15H21F2N3. The summed E-state index contributed by atoms with van der Waals surface area (Å²) in [7, 11) is 0. The van der Waals surface area contributed by atoms with Crippen molar-refractivity contribution in [3.05, 3.63) is 35.4 Å². The number of aliphatic imine (C=N–C) groups is 1. The van der Waals surface area contributed by atoms with Gasteiger partial charge in [-0.05, 0) is 49.3 Å². The van der Waals surface area contributed by atoms with Crippen molar-refractivity contribution in [3.8, 4) is 0 Å². The number of rotatable bonds is 6. The van der Waals surface area contributed by atoms with E-state index in [9.17, 15) is 8.78 Å². The van der Waals surface area contributed by atoms with Crippen molar-refractivity contribution in [2.75, 3.05) is 13.1 Å². The van der Waals surface area contributed by atoms with Crippen LogP contribution in [0.4, 0.5) is 8.78 Å². The highest BCUT2D eigenvalue weighted by Crippen LogP contribution is 2.26. The molecular weight excluding hydrogens is 260 g/mol. The average molecular weight is 281 g/mol. The third-order valence-corrected chi connectivity index (χ3v) is 3.62. The van der Waals surface area contributed by atoms with E-state index in [1.807, 2.05) is 0 Å². The molecule has 0 bridgehead atoms. The molecule has 1 fully saturated rings. The number of nitrogens with zero attached hydrogens (tertiary/aromatic N) is 1. The fourth-order valence-corrected chi connectivity index (χ4v) is 2.22. The molecule has 1 aromatic carbocycles. The van der Waals surface area contributed by atoms with Crippen molar-refractivity contribution < 1.29 is 8.78 Å². The van der Waals surface area contributed by atoms with Crippen LogP contribution in [0.1, 0.15) is 31.2 Å². The zero-order valence-corrected chi connectivity index (χ0v) is 11.5. The third-order valence-electron chi connectivity index (χ3n) is 3.62. The summed E-state index contributed by atoms with van der Waals surface area (Å²) in [6, 6.07) is 3.60. The minimum atomic E-state index is -0.533. The van der Waals surface area contributed by atoms with Gasteiger partial charge in [0.25, 0.3) is 0 Å². The van der Waals surface area contributed by atoms with Gasteiger partial charge in [0.15, 0.2) is 5.96 Å². The van der Waals surface area contributed by atoms with Crippen LogP contribution in [0.3, 0.4) is 0 Å². The van der Waals surface area contributed by atoms with Gasteiger partial charge in [-0.1, -0.05) is 6.42 Å². The molecule has 0 saturated heterocycles. The van der Waals surface area contributed by atoms with Crippen LogP contribution in [0.25, 0.3) is 0 Å². The molecule has 20 heavy (non-hydrogen) atoms. The lowest BCUT2D eigenvalue weighted by molar-refractivity contribution is 0.326. The molecule has 0 aromatic heterocycles. The van der Waals surface area contributed by atoms with Crippen molar-refractivity contribution in [2.45, 2.75) is 32.1 Å². The maximum absolute atomic E-state index is 13.0. The molecule has 0 atom stereocenters. The Morgan fingerprint density at radius 2 is 1.95 bits per heavy atom. The van der Waals surface area contributed by atoms with Crippen LogP contribution < -0.4 is 11.1 Å². The van der Waals surface area contributed by atoms with Crippen LogP contribution in [0.2, 0.25) is 0 Å². The normalized spacial score (nSPS) is 16.0. The highest BCUT2D eigenvalue weighted by Gasteiger charge is 2.16. The molecule has 0 unspecified atom stereocenters. The first-order valence-electron chi connectivity index (χ1n) is 7.12. The monoisotopic (exact) mass is 281 g/mol. The summed E-state index contributed by atoms with van der Waals surface area (Å²) >= 11 is 0. The molecule has 1 aliphatic carbocycles. The van der Waals surface area contributed by atoms with Crippen LogP contribution in [0, 0.1) is 17.6 Å². The maximum Gasteiger partial charge on any atom is 0.188 e. The molecule has 2 rings (SSSR count). The number of benzene rings is 1. The van der Waals surface area contributed by atoms with E-state index < -0.39 is 11.6 Å². The first-order valence-corrected chi connectivity index (χ1v) is 7.12. The van der Waals surface area contributed by atoms with E-state index in [4.69, 9.17) is 5.73 Å². The Morgan fingerprint density at radius 1 is 1.25 bits per heavy atom. The minimum absolute atomic E-state index is 0.460. The molecule has 0 radical (unpaired) electrons. The summed E-state index contributed by atoms with van der Waals surface area (Å²) in [5.74, 6) is 0.0945. The van der Waals surface area contributed by atoms with E-state index in [-0.39, 0.29) is 0 Å². The summed E-state index contributed by atoms with van der Waals surface area (Å²) in [4.78, 5) is 4.28. The van der Waals surface area contributed by atoms with Gasteiger partial charge in [0.2, 0.25) is 0 Å². The zero-order valence-electron chi connectivity index (χ0n) is 11.5. The van der Waals surface area contributed by atoms with Gasteiger partial charge in [-0.15, -0.1) is 0 Å². The molecule has 1 aromatic rings. The van der Waals surface area contributed by atoms with Gasteiger partial charge in [-0.25, -0.2) is 8.78 Å². The van der Waals surface area contributed by atoms with Crippen LogP contribution in [-0.2, 0) is 6.42 Å². The second-order valence-electron chi connectivity index (χ2n) is 5.33. The van der Waals surface area contributed by atoms with Crippen LogP contribution in [0.5, 0.6) is 0 Å². The fourth-order valence-electron chi connectivity index (χ4n) is 2.22. The fraction of sp³-hybridized carbons (Fsp3) is 0.533. The second kappa shape index (κ2) is 7.22. The van der Waals surface area contributed by atoms with Gasteiger partial charge >= 0.3 is 0 Å². The summed E-state index contributed by atoms with van der Waals surface area (Å²) in [6.07, 6.45) is 5.17. The van der Waals surface area contributed by atoms with Gasteiger partial charge in [0, 0.05) is 19.2 Å². The molecule has 5 heteroatoms. The number of guanidine groups is 1. The van der Waals surface area contributed by atoms with Gasteiger partial charge in [0.05, 0.1) is 0 Å². The van der Waals surface area contributed by atoms with Crippen LogP contribution in [0.15, 0.2) is 23.2 Å². The summed E-state index contributed by atoms with van der Waals surface area (Å²) in [6.45, 7) is 1.45. The molecule has 3 nitrogen and oxygen atoms in total. The number of halogens is 2. The van der Waals surface area contributed by atoms with Gasteiger partial charge in [-0.3, -0.25) is 4.99 Å². The smallest absolute Gasteiger partial charge is 0.188 e. The molecule has 1 aliphatic rings. The molecule has 110 valence electrons. The predicted molar refractivity (Wildman–Crippen MR) is 76.5 cm³/mol. The summed E-state index contributed by atoms with van der Waals surface area (Å²) in [5.41, 5.74) is 6.41. The molecule has 0 aliphatic heterocycles. The average Bonchev–Trinajstić information content (AvgIpc) is 2.31. The maximum atomic E-state index is 13.0. The quantitative estimate of drug-likeness (QED) is 0.478. The Hall–Kier alpha value is -1.65. The van der Waals surface area contributed by atoms with Crippen molar-refractivity contribution in [1.29, 1.82) is 0 Å². The van der Waals surface area contributed by atoms with E-state index >= 15 is 0 Å². The van der Waals surface area contributed by atoms with E-state index in [1.165, 1.54) is 31.4 Å². The van der Waals surface area contributed by atoms with Gasteiger partial charge in [0.1, 0.15) is 11.6 Å². The lowest BCUT2D eigenvalue weighted by Gasteiger charge is -2.23. The summed E-state index contributed by atoms with van der Waals surface area (Å²) < 4.78 is 26.0. The van der Waals surface area contributed by atoms with Gasteiger partial charge < -0.3 is 11.1 Å². The van der Waals surface area contributed by atoms with Gasteiger partial charge in [-0.2, -0.15) is 0 Å². The molecule has 0 amide bonds. The summed E-state index contributed by atoms with van der Waals surface area (Å²) in [5, 5.41) is 3.03. The van der Waals surface area contributed by atoms with E-state index in [0.29, 0.717) is 30.4 Å². The molecule has 0 heterocycles. The van der Waals surface area contributed by atoms with Crippen molar-refractivity contribution in [2.24, 2.45) is 16.6 Å². The SMILES string of the molecule is NC(=NCC1CCC1)NCCCc1cc(F)cc(F)c1. The highest BCUT2D eigenvalue weighted by molar-refractivity contribution is 5.77. The molecule has 3 N–H and O–H groups in total. The lowest BCUT2D eigenvalue weighted by Crippen LogP contribution is -2.33. The second-order valence-corrected chi connectivity index (χ2v) is 5.33. The van der Waals surface area contributed by atoms with Crippen LogP contribution >= 0.6 is 0 Å². The Kier molecular flexibility index (Phi) is 5.32. The Morgan fingerprint density at radius 3 is 2.55 bits per heavy atom. The van der Waals surface area contributed by atoms with Crippen molar-refractivity contribution in [3.63, 3.8) is 0 Å². The minimum Gasteiger partial charge on any atom is -0.370 e. The first kappa shape index (κ1) is 14.8. The zero-order chi connectivity index (χ0) is 14.4. The number of hydrogen-bond donors (Lipinski definition) is 2. The highest BCUT2D eigenvalue weighted by atomic mass is 19.1. The number of nitrogens with two attached hydrogens (primary N) is 1. The topological polar surface area (TPSA) is 50.4 Å².